The number of halogens is 3. The summed E-state index contributed by atoms with van der Waals surface area (Å²) < 4.78 is 46.3. The number of alkyl halides is 2. The summed E-state index contributed by atoms with van der Waals surface area (Å²) in [5.74, 6) is -1.46. The molecule has 0 aliphatic rings. The summed E-state index contributed by atoms with van der Waals surface area (Å²) >= 11 is 0. The molecule has 0 bridgehead atoms. The highest BCUT2D eigenvalue weighted by Crippen LogP contribution is 2.20. The summed E-state index contributed by atoms with van der Waals surface area (Å²) in [7, 11) is 0. The van der Waals surface area contributed by atoms with E-state index in [1.54, 1.807) is 20.8 Å². The van der Waals surface area contributed by atoms with Crippen LogP contribution in [0.1, 0.15) is 26.3 Å². The summed E-state index contributed by atoms with van der Waals surface area (Å²) in [5.41, 5.74) is -0.237. The van der Waals surface area contributed by atoms with E-state index in [0.29, 0.717) is 5.56 Å². The highest BCUT2D eigenvalue weighted by atomic mass is 19.3. The molecule has 0 aromatic heterocycles. The first kappa shape index (κ1) is 16.1. The maximum absolute atomic E-state index is 13.4. The van der Waals surface area contributed by atoms with Crippen LogP contribution in [0.25, 0.3) is 0 Å². The van der Waals surface area contributed by atoms with E-state index in [0.717, 1.165) is 12.1 Å². The standard InChI is InChI=1S/C13H16F3NO3/c1-13(2,3)20-12(18)17-7-8-4-5-10(9(14)6-8)19-11(15)16/h4-6,11H,7H2,1-3H3,(H,17,18). The maximum atomic E-state index is 13.4. The molecule has 0 atom stereocenters. The largest absolute Gasteiger partial charge is 0.444 e. The summed E-state index contributed by atoms with van der Waals surface area (Å²) in [5, 5.41) is 2.43. The average molecular weight is 291 g/mol. The van der Waals surface area contributed by atoms with E-state index in [9.17, 15) is 18.0 Å². The molecule has 0 saturated carbocycles. The third-order valence-corrected chi connectivity index (χ3v) is 2.05. The van der Waals surface area contributed by atoms with Crippen LogP contribution in [0, 0.1) is 5.82 Å². The number of amides is 1. The van der Waals surface area contributed by atoms with Crippen molar-refractivity contribution < 1.29 is 27.4 Å². The summed E-state index contributed by atoms with van der Waals surface area (Å²) in [6.07, 6.45) is -0.647. The minimum absolute atomic E-state index is 0.0147. The highest BCUT2D eigenvalue weighted by molar-refractivity contribution is 5.67. The zero-order valence-electron chi connectivity index (χ0n) is 11.4. The fourth-order valence-electron chi connectivity index (χ4n) is 1.33. The predicted octanol–water partition coefficient (Wildman–Crippen LogP) is 3.45. The number of ether oxygens (including phenoxy) is 2. The molecule has 20 heavy (non-hydrogen) atoms. The average Bonchev–Trinajstić information content (AvgIpc) is 2.27. The third-order valence-electron chi connectivity index (χ3n) is 2.05. The normalized spacial score (nSPS) is 11.3. The van der Waals surface area contributed by atoms with Crippen LogP contribution in [0.4, 0.5) is 18.0 Å². The Morgan fingerprint density at radius 1 is 1.35 bits per heavy atom. The molecule has 1 amide bonds. The Hall–Kier alpha value is -1.92. The van der Waals surface area contributed by atoms with Gasteiger partial charge in [0, 0.05) is 6.54 Å². The van der Waals surface area contributed by atoms with E-state index < -0.39 is 29.9 Å². The number of alkyl carbamates (subject to hydrolysis) is 1. The summed E-state index contributed by atoms with van der Waals surface area (Å²) in [4.78, 5) is 11.4. The van der Waals surface area contributed by atoms with E-state index in [-0.39, 0.29) is 6.54 Å². The number of carbonyl (C=O) groups excluding carboxylic acids is 1. The number of benzene rings is 1. The highest BCUT2D eigenvalue weighted by Gasteiger charge is 2.16. The van der Waals surface area contributed by atoms with Gasteiger partial charge in [0.1, 0.15) is 5.60 Å². The molecule has 0 unspecified atom stereocenters. The van der Waals surface area contributed by atoms with Gasteiger partial charge >= 0.3 is 12.7 Å². The van der Waals surface area contributed by atoms with Crippen molar-refractivity contribution >= 4 is 6.09 Å². The summed E-state index contributed by atoms with van der Waals surface area (Å²) in [6.45, 7) is 2.06. The van der Waals surface area contributed by atoms with Crippen molar-refractivity contribution in [1.29, 1.82) is 0 Å². The molecule has 112 valence electrons. The molecule has 0 heterocycles. The minimum atomic E-state index is -3.09. The van der Waals surface area contributed by atoms with Crippen LogP contribution in [-0.2, 0) is 11.3 Å². The zero-order chi connectivity index (χ0) is 15.3. The molecule has 0 spiro atoms. The van der Waals surface area contributed by atoms with Gasteiger partial charge in [0.05, 0.1) is 0 Å². The third kappa shape index (κ3) is 5.81. The van der Waals surface area contributed by atoms with Crippen LogP contribution in [-0.4, -0.2) is 18.3 Å². The quantitative estimate of drug-likeness (QED) is 0.924. The number of rotatable bonds is 4. The molecule has 0 fully saturated rings. The molecule has 0 aliphatic heterocycles. The zero-order valence-corrected chi connectivity index (χ0v) is 11.4. The fourth-order valence-corrected chi connectivity index (χ4v) is 1.33. The van der Waals surface area contributed by atoms with E-state index in [4.69, 9.17) is 4.74 Å². The molecule has 1 aromatic carbocycles. The van der Waals surface area contributed by atoms with E-state index >= 15 is 0 Å². The molecule has 4 nitrogen and oxygen atoms in total. The minimum Gasteiger partial charge on any atom is -0.444 e. The number of hydrogen-bond acceptors (Lipinski definition) is 3. The first-order valence-corrected chi connectivity index (χ1v) is 5.87. The van der Waals surface area contributed by atoms with Crippen molar-refractivity contribution in [2.24, 2.45) is 0 Å². The lowest BCUT2D eigenvalue weighted by atomic mass is 10.2. The molecule has 7 heteroatoms. The maximum Gasteiger partial charge on any atom is 0.407 e. The van der Waals surface area contributed by atoms with Gasteiger partial charge in [0.2, 0.25) is 0 Å². The second-order valence-electron chi connectivity index (χ2n) is 5.00. The van der Waals surface area contributed by atoms with Crippen LogP contribution >= 0.6 is 0 Å². The topological polar surface area (TPSA) is 47.6 Å². The number of carbonyl (C=O) groups is 1. The molecule has 1 rings (SSSR count). The van der Waals surface area contributed by atoms with Crippen molar-refractivity contribution in [3.63, 3.8) is 0 Å². The second kappa shape index (κ2) is 6.49. The van der Waals surface area contributed by atoms with Crippen molar-refractivity contribution in [2.45, 2.75) is 39.5 Å². The van der Waals surface area contributed by atoms with Gasteiger partial charge in [-0.05, 0) is 38.5 Å². The first-order valence-electron chi connectivity index (χ1n) is 5.87. The molecule has 1 aromatic rings. The SMILES string of the molecule is CC(C)(C)OC(=O)NCc1ccc(OC(F)F)c(F)c1. The van der Waals surface area contributed by atoms with Gasteiger partial charge in [-0.1, -0.05) is 6.07 Å². The molecule has 0 aliphatic carbocycles. The number of nitrogens with one attached hydrogen (secondary N) is 1. The fraction of sp³-hybridized carbons (Fsp3) is 0.462. The number of hydrogen-bond donors (Lipinski definition) is 1. The Labute approximate surface area is 114 Å². The predicted molar refractivity (Wildman–Crippen MR) is 66.1 cm³/mol. The summed E-state index contributed by atoms with van der Waals surface area (Å²) in [6, 6.07) is 3.46. The van der Waals surface area contributed by atoms with Crippen LogP contribution in [0.5, 0.6) is 5.75 Å². The molecular formula is C13H16F3NO3. The molecule has 1 N–H and O–H groups in total. The van der Waals surface area contributed by atoms with Gasteiger partial charge in [0.25, 0.3) is 0 Å². The van der Waals surface area contributed by atoms with Gasteiger partial charge in [0.15, 0.2) is 11.6 Å². The van der Waals surface area contributed by atoms with Crippen LogP contribution in [0.3, 0.4) is 0 Å². The van der Waals surface area contributed by atoms with Gasteiger partial charge in [-0.2, -0.15) is 8.78 Å². The lowest BCUT2D eigenvalue weighted by molar-refractivity contribution is -0.0522. The van der Waals surface area contributed by atoms with Crippen molar-refractivity contribution in [3.05, 3.63) is 29.6 Å². The van der Waals surface area contributed by atoms with E-state index in [1.165, 1.54) is 6.07 Å². The van der Waals surface area contributed by atoms with Crippen LogP contribution in [0.2, 0.25) is 0 Å². The lowest BCUT2D eigenvalue weighted by Gasteiger charge is -2.19. The van der Waals surface area contributed by atoms with Gasteiger partial charge in [-0.15, -0.1) is 0 Å². The first-order chi connectivity index (χ1) is 9.17. The van der Waals surface area contributed by atoms with Crippen molar-refractivity contribution in [3.8, 4) is 5.75 Å². The van der Waals surface area contributed by atoms with Crippen LogP contribution in [0.15, 0.2) is 18.2 Å². The van der Waals surface area contributed by atoms with Gasteiger partial charge in [-0.3, -0.25) is 0 Å². The monoisotopic (exact) mass is 291 g/mol. The molecule has 0 radical (unpaired) electrons. The molecule has 0 saturated heterocycles. The van der Waals surface area contributed by atoms with Crippen LogP contribution < -0.4 is 10.1 Å². The Bertz CT molecular complexity index is 472. The second-order valence-corrected chi connectivity index (χ2v) is 5.00. The Morgan fingerprint density at radius 2 is 2.00 bits per heavy atom. The van der Waals surface area contributed by atoms with Crippen molar-refractivity contribution in [1.82, 2.24) is 5.32 Å². The van der Waals surface area contributed by atoms with E-state index in [1.807, 2.05) is 0 Å². The molecular weight excluding hydrogens is 275 g/mol. The van der Waals surface area contributed by atoms with Crippen molar-refractivity contribution in [2.75, 3.05) is 0 Å². The Kier molecular flexibility index (Phi) is 5.24. The van der Waals surface area contributed by atoms with Gasteiger partial charge in [-0.25, -0.2) is 9.18 Å². The van der Waals surface area contributed by atoms with E-state index in [2.05, 4.69) is 10.1 Å². The Morgan fingerprint density at radius 3 is 2.50 bits per heavy atom. The smallest absolute Gasteiger partial charge is 0.407 e. The lowest BCUT2D eigenvalue weighted by Crippen LogP contribution is -2.32. The van der Waals surface area contributed by atoms with Gasteiger partial charge < -0.3 is 14.8 Å². The Balaban J connectivity index is 2.57.